The van der Waals surface area contributed by atoms with Crippen LogP contribution in [0, 0.1) is 0 Å². The zero-order valence-corrected chi connectivity index (χ0v) is 15.8. The number of piperazine rings is 1. The van der Waals surface area contributed by atoms with Crippen molar-refractivity contribution in [3.05, 3.63) is 17.2 Å². The Morgan fingerprint density at radius 3 is 2.52 bits per heavy atom. The molecule has 9 nitrogen and oxygen atoms in total. The molecule has 0 bridgehead atoms. The van der Waals surface area contributed by atoms with Crippen LogP contribution in [0.1, 0.15) is 0 Å². The van der Waals surface area contributed by atoms with E-state index >= 15 is 0 Å². The van der Waals surface area contributed by atoms with E-state index in [1.807, 2.05) is 7.05 Å². The predicted molar refractivity (Wildman–Crippen MR) is 95.0 cm³/mol. The van der Waals surface area contributed by atoms with Gasteiger partial charge in [0.1, 0.15) is 15.6 Å². The summed E-state index contributed by atoms with van der Waals surface area (Å²) in [5.74, 6) is 0.275. The molecular weight excluding hydrogens is 390 g/mol. The summed E-state index contributed by atoms with van der Waals surface area (Å²) in [7, 11) is -6.16. The fourth-order valence-corrected chi connectivity index (χ4v) is 5.04. The molecule has 0 aromatic heterocycles. The van der Waals surface area contributed by atoms with Crippen LogP contribution in [0.2, 0.25) is 5.02 Å². The van der Waals surface area contributed by atoms with E-state index in [4.69, 9.17) is 16.7 Å². The van der Waals surface area contributed by atoms with Crippen LogP contribution in [-0.4, -0.2) is 72.2 Å². The summed E-state index contributed by atoms with van der Waals surface area (Å²) in [5.41, 5.74) is 0.191. The fraction of sp³-hybridized carbons (Fsp3) is 0.462. The number of hydrogen-bond acceptors (Lipinski definition) is 7. The molecule has 0 saturated carbocycles. The number of amidine groups is 1. The predicted octanol–water partition coefficient (Wildman–Crippen LogP) is -0.252. The molecule has 2 heterocycles. The second-order valence-electron chi connectivity index (χ2n) is 6.04. The number of likely N-dealkylation sites (N-methyl/N-ethyl adjacent to an activating group) is 1. The molecule has 0 unspecified atom stereocenters. The number of rotatable bonds is 3. The molecule has 1 saturated heterocycles. The molecule has 1 aromatic carbocycles. The molecule has 1 fully saturated rings. The summed E-state index contributed by atoms with van der Waals surface area (Å²) in [6.45, 7) is 3.73. The summed E-state index contributed by atoms with van der Waals surface area (Å²) in [6, 6.07) is 2.18. The van der Waals surface area contributed by atoms with Crippen LogP contribution in [0.25, 0.3) is 0 Å². The summed E-state index contributed by atoms with van der Waals surface area (Å²) < 4.78 is 51.7. The highest BCUT2D eigenvalue weighted by Crippen LogP contribution is 2.34. The topological polar surface area (TPSA) is 125 Å². The minimum atomic E-state index is -4.14. The Morgan fingerprint density at radius 1 is 1.28 bits per heavy atom. The van der Waals surface area contributed by atoms with Crippen molar-refractivity contribution in [3.63, 3.8) is 0 Å². The van der Waals surface area contributed by atoms with Gasteiger partial charge in [-0.15, -0.1) is 4.40 Å². The van der Waals surface area contributed by atoms with Gasteiger partial charge in [-0.05, 0) is 19.2 Å². The maximum absolute atomic E-state index is 12.4. The Kier molecular flexibility index (Phi) is 4.81. The Hall–Kier alpha value is -1.24. The van der Waals surface area contributed by atoms with Crippen LogP contribution in [0.3, 0.4) is 0 Å². The van der Waals surface area contributed by atoms with Crippen LogP contribution >= 0.6 is 11.6 Å². The molecule has 1 aromatic rings. The molecular formula is C13H18ClN5O4S2. The summed E-state index contributed by atoms with van der Waals surface area (Å²) in [5, 5.41) is 7.85. The number of anilines is 1. The van der Waals surface area contributed by atoms with Crippen LogP contribution < -0.4 is 10.5 Å². The van der Waals surface area contributed by atoms with Crippen molar-refractivity contribution in [1.29, 1.82) is 0 Å². The van der Waals surface area contributed by atoms with Gasteiger partial charge in [0.2, 0.25) is 10.0 Å². The molecule has 0 radical (unpaired) electrons. The third-order valence-electron chi connectivity index (χ3n) is 4.10. The normalized spacial score (nSPS) is 21.3. The lowest BCUT2D eigenvalue weighted by Crippen LogP contribution is -2.47. The first kappa shape index (κ1) is 18.5. The Labute approximate surface area is 151 Å². The number of primary sulfonamides is 1. The largest absolute Gasteiger partial charge is 0.341 e. The Balaban J connectivity index is 1.92. The van der Waals surface area contributed by atoms with Crippen LogP contribution in [0.5, 0.6) is 0 Å². The van der Waals surface area contributed by atoms with Crippen molar-refractivity contribution in [1.82, 2.24) is 9.80 Å². The van der Waals surface area contributed by atoms with Crippen molar-refractivity contribution < 1.29 is 16.8 Å². The average Bonchev–Trinajstić information content (AvgIpc) is 2.47. The fourth-order valence-electron chi connectivity index (χ4n) is 2.72. The van der Waals surface area contributed by atoms with Crippen molar-refractivity contribution in [2.45, 2.75) is 9.79 Å². The standard InChI is InChI=1S/C13H18ClN5O4S2/c1-18-2-4-19(5-3-18)8-13-16-10-6-9(14)11(24(15,20)21)7-12(10)25(22,23)17-13/h6-7H,2-5,8H2,1H3,(H,16,17)(H2,15,20,21). The van der Waals surface area contributed by atoms with E-state index in [-0.39, 0.29) is 21.4 Å². The minimum Gasteiger partial charge on any atom is -0.341 e. The maximum atomic E-state index is 12.4. The van der Waals surface area contributed by atoms with Crippen LogP contribution in [0.15, 0.2) is 26.3 Å². The zero-order valence-electron chi connectivity index (χ0n) is 13.4. The zero-order chi connectivity index (χ0) is 18.4. The number of fused-ring (bicyclic) bond motifs is 1. The molecule has 3 rings (SSSR count). The van der Waals surface area contributed by atoms with Gasteiger partial charge in [-0.25, -0.2) is 13.6 Å². The van der Waals surface area contributed by atoms with Crippen molar-refractivity contribution in [3.8, 4) is 0 Å². The number of hydrogen-bond donors (Lipinski definition) is 2. The number of sulfonamides is 2. The van der Waals surface area contributed by atoms with E-state index in [0.29, 0.717) is 6.54 Å². The third-order valence-corrected chi connectivity index (χ3v) is 6.83. The molecule has 0 spiro atoms. The van der Waals surface area contributed by atoms with Crippen molar-refractivity contribution >= 4 is 43.2 Å². The monoisotopic (exact) mass is 407 g/mol. The van der Waals surface area contributed by atoms with Gasteiger partial charge < -0.3 is 10.2 Å². The van der Waals surface area contributed by atoms with Gasteiger partial charge in [0.15, 0.2) is 0 Å². The Bertz CT molecular complexity index is 937. The van der Waals surface area contributed by atoms with Crippen LogP contribution in [0.4, 0.5) is 5.69 Å². The van der Waals surface area contributed by atoms with Gasteiger partial charge in [0.05, 0.1) is 17.3 Å². The summed E-state index contributed by atoms with van der Waals surface area (Å²) in [4.78, 5) is 3.57. The third kappa shape index (κ3) is 3.96. The van der Waals surface area contributed by atoms with Gasteiger partial charge in [0.25, 0.3) is 10.0 Å². The molecule has 25 heavy (non-hydrogen) atoms. The molecule has 0 amide bonds. The molecule has 0 aliphatic carbocycles. The van der Waals surface area contributed by atoms with E-state index in [0.717, 1.165) is 32.2 Å². The lowest BCUT2D eigenvalue weighted by molar-refractivity contribution is 0.170. The molecule has 12 heteroatoms. The first-order valence-corrected chi connectivity index (χ1v) is 10.8. The second-order valence-corrected chi connectivity index (χ2v) is 9.55. The van der Waals surface area contributed by atoms with Crippen molar-refractivity contribution in [2.24, 2.45) is 9.54 Å². The highest BCUT2D eigenvalue weighted by molar-refractivity contribution is 7.91. The molecule has 2 aliphatic rings. The lowest BCUT2D eigenvalue weighted by atomic mass is 10.3. The number of nitrogens with one attached hydrogen (secondary N) is 1. The average molecular weight is 408 g/mol. The van der Waals surface area contributed by atoms with E-state index in [1.165, 1.54) is 6.07 Å². The summed E-state index contributed by atoms with van der Waals surface area (Å²) in [6.07, 6.45) is 0. The van der Waals surface area contributed by atoms with Gasteiger partial charge in [-0.1, -0.05) is 11.6 Å². The SMILES string of the molecule is CN1CCN(CC2=NS(=O)(=O)c3cc(S(N)(=O)=O)c(Cl)cc3N2)CC1. The number of benzene rings is 1. The van der Waals surface area contributed by atoms with E-state index in [9.17, 15) is 16.8 Å². The van der Waals surface area contributed by atoms with Gasteiger partial charge >= 0.3 is 0 Å². The number of halogens is 1. The van der Waals surface area contributed by atoms with Gasteiger partial charge in [-0.2, -0.15) is 8.42 Å². The highest BCUT2D eigenvalue weighted by Gasteiger charge is 2.29. The number of nitrogens with two attached hydrogens (primary N) is 1. The molecule has 138 valence electrons. The smallest absolute Gasteiger partial charge is 0.286 e. The highest BCUT2D eigenvalue weighted by atomic mass is 35.5. The van der Waals surface area contributed by atoms with E-state index in [2.05, 4.69) is 19.5 Å². The second kappa shape index (κ2) is 6.49. The Morgan fingerprint density at radius 2 is 1.92 bits per heavy atom. The van der Waals surface area contributed by atoms with Gasteiger partial charge in [0, 0.05) is 26.2 Å². The van der Waals surface area contributed by atoms with Gasteiger partial charge in [-0.3, -0.25) is 4.90 Å². The van der Waals surface area contributed by atoms with Crippen molar-refractivity contribution in [2.75, 3.05) is 45.1 Å². The molecule has 2 aliphatic heterocycles. The lowest BCUT2D eigenvalue weighted by Gasteiger charge is -2.33. The van der Waals surface area contributed by atoms with E-state index in [1.54, 1.807) is 0 Å². The maximum Gasteiger partial charge on any atom is 0.286 e. The minimum absolute atomic E-state index is 0.148. The van der Waals surface area contributed by atoms with Crippen LogP contribution in [-0.2, 0) is 20.0 Å². The summed E-state index contributed by atoms with van der Waals surface area (Å²) >= 11 is 5.94. The first-order chi connectivity index (χ1) is 11.6. The van der Waals surface area contributed by atoms with E-state index < -0.39 is 24.9 Å². The number of nitrogens with zero attached hydrogens (tertiary/aromatic N) is 3. The quantitative estimate of drug-likeness (QED) is 0.707. The first-order valence-electron chi connectivity index (χ1n) is 7.44. The molecule has 0 atom stereocenters. The molecule has 3 N–H and O–H groups in total.